The zero-order valence-electron chi connectivity index (χ0n) is 11.4. The summed E-state index contributed by atoms with van der Waals surface area (Å²) in [6, 6.07) is 2.10. The molecule has 1 heterocycles. The van der Waals surface area contributed by atoms with E-state index >= 15 is 0 Å². The van der Waals surface area contributed by atoms with Crippen LogP contribution in [0.15, 0.2) is 21.9 Å². The van der Waals surface area contributed by atoms with E-state index in [1.165, 1.54) is 0 Å². The number of anilines is 1. The zero-order chi connectivity index (χ0) is 17.6. The third-order valence-electron chi connectivity index (χ3n) is 2.85. The van der Waals surface area contributed by atoms with E-state index in [0.29, 0.717) is 0 Å². The topological polar surface area (TPSA) is 104 Å². The lowest BCUT2D eigenvalue weighted by atomic mass is 10.3. The lowest BCUT2D eigenvalue weighted by Crippen LogP contribution is -2.52. The van der Waals surface area contributed by atoms with Crippen molar-refractivity contribution in [2.24, 2.45) is 0 Å². The number of fused-ring (bicyclic) bond motifs is 1. The Labute approximate surface area is 153 Å². The van der Waals surface area contributed by atoms with Crippen molar-refractivity contribution >= 4 is 72.1 Å². The number of nitrogens with one attached hydrogen (secondary N) is 3. The van der Waals surface area contributed by atoms with E-state index in [0.717, 1.165) is 12.1 Å². The molecule has 1 aliphatic rings. The van der Waals surface area contributed by atoms with Crippen LogP contribution in [0.25, 0.3) is 0 Å². The first-order valence-corrected chi connectivity index (χ1v) is 10.5. The molecular weight excluding hydrogens is 432 g/mol. The second-order valence-electron chi connectivity index (χ2n) is 4.52. The van der Waals surface area contributed by atoms with Crippen LogP contribution in [-0.4, -0.2) is 33.3 Å². The van der Waals surface area contributed by atoms with Gasteiger partial charge in [0.1, 0.15) is 16.0 Å². The van der Waals surface area contributed by atoms with Crippen molar-refractivity contribution in [2.45, 2.75) is 26.7 Å². The molecule has 0 fully saturated rings. The minimum Gasteiger partial charge on any atom is -0.364 e. The monoisotopic (exact) mass is 441 g/mol. The Bertz CT molecular complexity index is 836. The molecular formula is C10H11Cl4N3O4S2. The Balaban J connectivity index is 2.62. The quantitative estimate of drug-likeness (QED) is 0.621. The molecule has 1 aromatic carbocycles. The molecule has 13 heteroatoms. The van der Waals surface area contributed by atoms with Crippen molar-refractivity contribution in [2.75, 3.05) is 11.9 Å². The molecule has 1 aliphatic heterocycles. The van der Waals surface area contributed by atoms with E-state index in [-0.39, 0.29) is 27.0 Å². The van der Waals surface area contributed by atoms with Gasteiger partial charge < -0.3 is 5.32 Å². The first kappa shape index (κ1) is 19.3. The number of hydrogen-bond acceptors (Lipinski definition) is 5. The fourth-order valence-electron chi connectivity index (χ4n) is 1.90. The fraction of sp³-hybridized carbons (Fsp3) is 0.400. The Hall–Kier alpha value is -0.000000000000000111. The molecule has 0 aromatic heterocycles. The molecule has 0 saturated carbocycles. The summed E-state index contributed by atoms with van der Waals surface area (Å²) >= 11 is 23.0. The predicted molar refractivity (Wildman–Crippen MR) is 90.3 cm³/mol. The number of alkyl halides is 3. The largest absolute Gasteiger partial charge is 0.364 e. The van der Waals surface area contributed by atoms with E-state index in [4.69, 9.17) is 46.4 Å². The fourth-order valence-corrected chi connectivity index (χ4v) is 5.44. The molecule has 0 saturated heterocycles. The van der Waals surface area contributed by atoms with Crippen molar-refractivity contribution < 1.29 is 16.8 Å². The molecule has 0 spiro atoms. The van der Waals surface area contributed by atoms with E-state index in [1.54, 1.807) is 6.92 Å². The summed E-state index contributed by atoms with van der Waals surface area (Å²) in [5.74, 6) is 0. The van der Waals surface area contributed by atoms with Crippen LogP contribution < -0.4 is 14.8 Å². The van der Waals surface area contributed by atoms with Crippen LogP contribution in [0.5, 0.6) is 0 Å². The van der Waals surface area contributed by atoms with Gasteiger partial charge >= 0.3 is 0 Å². The smallest absolute Gasteiger partial charge is 0.244 e. The highest BCUT2D eigenvalue weighted by Crippen LogP contribution is 2.39. The summed E-state index contributed by atoms with van der Waals surface area (Å²) in [5, 5.41) is 2.49. The van der Waals surface area contributed by atoms with Crippen LogP contribution >= 0.6 is 46.4 Å². The predicted octanol–water partition coefficient (Wildman–Crippen LogP) is 2.04. The molecule has 0 amide bonds. The van der Waals surface area contributed by atoms with Crippen LogP contribution in [-0.2, 0) is 20.0 Å². The van der Waals surface area contributed by atoms with Gasteiger partial charge in [0.25, 0.3) is 0 Å². The highest BCUT2D eigenvalue weighted by molar-refractivity contribution is 7.90. The van der Waals surface area contributed by atoms with Crippen molar-refractivity contribution in [3.63, 3.8) is 0 Å². The summed E-state index contributed by atoms with van der Waals surface area (Å²) in [4.78, 5) is -0.678. The summed E-state index contributed by atoms with van der Waals surface area (Å²) in [5.41, 5.74) is 0.0283. The number of hydrogen-bond donors (Lipinski definition) is 3. The van der Waals surface area contributed by atoms with E-state index in [9.17, 15) is 16.8 Å². The maximum absolute atomic E-state index is 12.3. The molecule has 2 rings (SSSR count). The maximum Gasteiger partial charge on any atom is 0.244 e. The molecule has 0 bridgehead atoms. The molecule has 0 aliphatic carbocycles. The average Bonchev–Trinajstić information content (AvgIpc) is 2.35. The van der Waals surface area contributed by atoms with Gasteiger partial charge in [0.2, 0.25) is 23.8 Å². The van der Waals surface area contributed by atoms with Crippen molar-refractivity contribution in [1.29, 1.82) is 0 Å². The van der Waals surface area contributed by atoms with Gasteiger partial charge in [0, 0.05) is 6.54 Å². The van der Waals surface area contributed by atoms with Crippen LogP contribution in [0.2, 0.25) is 5.02 Å². The normalized spacial score (nSPS) is 20.7. The van der Waals surface area contributed by atoms with Gasteiger partial charge in [-0.3, -0.25) is 0 Å². The molecule has 23 heavy (non-hydrogen) atoms. The molecule has 1 aromatic rings. The Morgan fingerprint density at radius 1 is 1.30 bits per heavy atom. The molecule has 7 nitrogen and oxygen atoms in total. The number of benzene rings is 1. The van der Waals surface area contributed by atoms with E-state index < -0.39 is 30.0 Å². The van der Waals surface area contributed by atoms with Gasteiger partial charge in [-0.1, -0.05) is 53.3 Å². The molecule has 0 radical (unpaired) electrons. The molecule has 1 unspecified atom stereocenters. The zero-order valence-corrected chi connectivity index (χ0v) is 16.1. The highest BCUT2D eigenvalue weighted by Gasteiger charge is 2.41. The maximum atomic E-state index is 12.3. The van der Waals surface area contributed by atoms with Gasteiger partial charge in [-0.15, -0.1) is 0 Å². The summed E-state index contributed by atoms with van der Waals surface area (Å²) in [6.07, 6.45) is -1.24. The van der Waals surface area contributed by atoms with Gasteiger partial charge in [-0.05, 0) is 12.1 Å². The molecule has 1 atom stereocenters. The summed E-state index contributed by atoms with van der Waals surface area (Å²) < 4.78 is 51.1. The molecule has 3 N–H and O–H groups in total. The van der Waals surface area contributed by atoms with Crippen LogP contribution in [0.3, 0.4) is 0 Å². The Morgan fingerprint density at radius 2 is 1.91 bits per heavy atom. The first-order chi connectivity index (χ1) is 10.4. The van der Waals surface area contributed by atoms with Crippen LogP contribution in [0.4, 0.5) is 5.69 Å². The number of sulfonamides is 2. The summed E-state index contributed by atoms with van der Waals surface area (Å²) in [7, 11) is -8.05. The van der Waals surface area contributed by atoms with Crippen molar-refractivity contribution in [3.8, 4) is 0 Å². The minimum atomic E-state index is -4.11. The first-order valence-electron chi connectivity index (χ1n) is 6.07. The van der Waals surface area contributed by atoms with Crippen molar-refractivity contribution in [3.05, 3.63) is 17.2 Å². The van der Waals surface area contributed by atoms with Crippen LogP contribution in [0, 0.1) is 0 Å². The van der Waals surface area contributed by atoms with Crippen molar-refractivity contribution in [1.82, 2.24) is 9.44 Å². The SMILES string of the molecule is CCNS(=O)(=O)c1cc2c(cc1Cl)NC(C(Cl)(Cl)Cl)NS2(=O)=O. The highest BCUT2D eigenvalue weighted by atomic mass is 35.6. The van der Waals surface area contributed by atoms with E-state index in [2.05, 4.69) is 14.8 Å². The second-order valence-corrected chi connectivity index (χ2v) is 10.7. The van der Waals surface area contributed by atoms with E-state index in [1.807, 2.05) is 0 Å². The second kappa shape index (κ2) is 6.38. The third-order valence-corrected chi connectivity index (χ3v) is 6.98. The van der Waals surface area contributed by atoms with Gasteiger partial charge in [-0.2, -0.15) is 4.72 Å². The minimum absolute atomic E-state index is 0.0283. The standard InChI is InChI=1S/C10H11Cl4N3O4S2/c1-2-15-22(18,19)7-4-8-6(3-5(7)11)16-9(10(12,13)14)17-23(8,20)21/h3-4,9,15-17H,2H2,1H3. The van der Waals surface area contributed by atoms with Gasteiger partial charge in [-0.25, -0.2) is 21.6 Å². The lowest BCUT2D eigenvalue weighted by molar-refractivity contribution is 0.557. The van der Waals surface area contributed by atoms with Gasteiger partial charge in [0.15, 0.2) is 0 Å². The molecule has 130 valence electrons. The third kappa shape index (κ3) is 3.98. The summed E-state index contributed by atoms with van der Waals surface area (Å²) in [6.45, 7) is 1.70. The van der Waals surface area contributed by atoms with Crippen LogP contribution in [0.1, 0.15) is 6.92 Å². The average molecular weight is 443 g/mol. The Kier molecular flexibility index (Phi) is 5.36. The number of rotatable bonds is 3. The lowest BCUT2D eigenvalue weighted by Gasteiger charge is -2.32. The Morgan fingerprint density at radius 3 is 2.43 bits per heavy atom. The number of halogens is 4. The van der Waals surface area contributed by atoms with Gasteiger partial charge in [0.05, 0.1) is 10.7 Å².